The Balaban J connectivity index is 1.53. The standard InChI is InChI=1S/C30H38N4O5S/c1-3-39-30(35)23-7-12-27-26(21-23)29(28(22-31-27)40(36,37)25-10-8-24(38-2)9-11-25)34-16-6-15-33(19-20-34)18-17-32-13-4-5-14-32/h7-12,21-22H,3-6,13-20H2,1-2H3. The second-order valence-corrected chi connectivity index (χ2v) is 12.3. The van der Waals surface area contributed by atoms with Crippen LogP contribution in [0.4, 0.5) is 5.69 Å². The summed E-state index contributed by atoms with van der Waals surface area (Å²) in [5, 5.41) is 0.630. The van der Waals surface area contributed by atoms with E-state index in [1.807, 2.05) is 0 Å². The monoisotopic (exact) mass is 566 g/mol. The molecule has 2 aliphatic rings. The second kappa shape index (κ2) is 12.5. The van der Waals surface area contributed by atoms with Crippen molar-refractivity contribution in [2.75, 3.05) is 71.0 Å². The Labute approximate surface area is 236 Å². The van der Waals surface area contributed by atoms with Gasteiger partial charge in [-0.15, -0.1) is 0 Å². The third kappa shape index (κ3) is 6.09. The number of benzene rings is 2. The van der Waals surface area contributed by atoms with E-state index in [0.29, 0.717) is 41.0 Å². The van der Waals surface area contributed by atoms with Crippen LogP contribution in [0.2, 0.25) is 0 Å². The molecule has 5 rings (SSSR count). The number of hydrogen-bond donors (Lipinski definition) is 0. The van der Waals surface area contributed by atoms with E-state index >= 15 is 0 Å². The summed E-state index contributed by atoms with van der Waals surface area (Å²) in [4.78, 5) is 24.6. The average Bonchev–Trinajstić information content (AvgIpc) is 3.39. The molecule has 0 saturated carbocycles. The quantitative estimate of drug-likeness (QED) is 0.358. The lowest BCUT2D eigenvalue weighted by Crippen LogP contribution is -2.36. The van der Waals surface area contributed by atoms with E-state index in [0.717, 1.165) is 32.6 Å². The van der Waals surface area contributed by atoms with Crippen LogP contribution >= 0.6 is 0 Å². The molecule has 0 unspecified atom stereocenters. The molecule has 3 aromatic rings. The van der Waals surface area contributed by atoms with E-state index in [4.69, 9.17) is 9.47 Å². The Morgan fingerprint density at radius 2 is 1.60 bits per heavy atom. The van der Waals surface area contributed by atoms with Crippen molar-refractivity contribution in [3.8, 4) is 5.75 Å². The van der Waals surface area contributed by atoms with Crippen molar-refractivity contribution in [2.45, 2.75) is 36.0 Å². The third-order valence-electron chi connectivity index (χ3n) is 7.81. The summed E-state index contributed by atoms with van der Waals surface area (Å²) < 4.78 is 38.6. The SMILES string of the molecule is CCOC(=O)c1ccc2ncc(S(=O)(=O)c3ccc(OC)cc3)c(N3CCCN(CCN4CCCC4)CC3)c2c1. The van der Waals surface area contributed by atoms with Gasteiger partial charge in [-0.25, -0.2) is 13.2 Å². The van der Waals surface area contributed by atoms with Gasteiger partial charge in [0, 0.05) is 44.3 Å². The number of rotatable bonds is 9. The van der Waals surface area contributed by atoms with Gasteiger partial charge in [-0.2, -0.15) is 0 Å². The fraction of sp³-hybridized carbons (Fsp3) is 0.467. The molecular weight excluding hydrogens is 528 g/mol. The first-order valence-corrected chi connectivity index (χ1v) is 15.6. The molecular formula is C30H38N4O5S. The molecule has 2 aliphatic heterocycles. The van der Waals surface area contributed by atoms with Crippen LogP contribution in [0, 0.1) is 0 Å². The number of aromatic nitrogens is 1. The maximum atomic E-state index is 14.0. The highest BCUT2D eigenvalue weighted by Gasteiger charge is 2.29. The van der Waals surface area contributed by atoms with Crippen LogP contribution in [0.1, 0.15) is 36.5 Å². The molecule has 0 atom stereocenters. The van der Waals surface area contributed by atoms with E-state index in [2.05, 4.69) is 19.7 Å². The summed E-state index contributed by atoms with van der Waals surface area (Å²) >= 11 is 0. The zero-order valence-electron chi connectivity index (χ0n) is 23.3. The Kier molecular flexibility index (Phi) is 8.87. The first-order valence-electron chi connectivity index (χ1n) is 14.1. The Morgan fingerprint density at radius 3 is 2.30 bits per heavy atom. The Morgan fingerprint density at radius 1 is 0.900 bits per heavy atom. The zero-order chi connectivity index (χ0) is 28.1. The van der Waals surface area contributed by atoms with Crippen molar-refractivity contribution in [3.63, 3.8) is 0 Å². The van der Waals surface area contributed by atoms with E-state index in [9.17, 15) is 13.2 Å². The van der Waals surface area contributed by atoms with Crippen molar-refractivity contribution in [2.24, 2.45) is 0 Å². The maximum absolute atomic E-state index is 14.0. The van der Waals surface area contributed by atoms with Crippen LogP contribution in [-0.4, -0.2) is 95.2 Å². The number of ether oxygens (including phenoxy) is 2. The molecule has 0 spiro atoms. The summed E-state index contributed by atoms with van der Waals surface area (Å²) in [7, 11) is -2.38. The minimum Gasteiger partial charge on any atom is -0.497 e. The van der Waals surface area contributed by atoms with Crippen LogP contribution in [0.5, 0.6) is 5.75 Å². The number of sulfone groups is 1. The molecule has 2 saturated heterocycles. The number of methoxy groups -OCH3 is 1. The van der Waals surface area contributed by atoms with E-state index in [1.165, 1.54) is 32.1 Å². The van der Waals surface area contributed by atoms with Gasteiger partial charge in [0.15, 0.2) is 0 Å². The molecule has 3 heterocycles. The molecule has 40 heavy (non-hydrogen) atoms. The molecule has 0 bridgehead atoms. The molecule has 9 nitrogen and oxygen atoms in total. The van der Waals surface area contributed by atoms with Crippen molar-refractivity contribution in [1.29, 1.82) is 0 Å². The normalized spacial score (nSPS) is 17.2. The highest BCUT2D eigenvalue weighted by molar-refractivity contribution is 7.91. The summed E-state index contributed by atoms with van der Waals surface area (Å²) in [5.74, 6) is 0.138. The van der Waals surface area contributed by atoms with Gasteiger partial charge in [0.1, 0.15) is 10.6 Å². The Bertz CT molecular complexity index is 1440. The summed E-state index contributed by atoms with van der Waals surface area (Å²) in [6.07, 6.45) is 4.92. The minimum atomic E-state index is -3.92. The minimum absolute atomic E-state index is 0.136. The van der Waals surface area contributed by atoms with Crippen LogP contribution in [-0.2, 0) is 14.6 Å². The van der Waals surface area contributed by atoms with Gasteiger partial charge >= 0.3 is 5.97 Å². The Hall–Kier alpha value is -3.21. The number of anilines is 1. The van der Waals surface area contributed by atoms with Crippen molar-refractivity contribution in [1.82, 2.24) is 14.8 Å². The summed E-state index contributed by atoms with van der Waals surface area (Å²) in [5.41, 5.74) is 1.60. The average molecular weight is 567 g/mol. The molecule has 214 valence electrons. The number of pyridine rings is 1. The number of carbonyl (C=O) groups is 1. The fourth-order valence-electron chi connectivity index (χ4n) is 5.61. The van der Waals surface area contributed by atoms with E-state index in [1.54, 1.807) is 56.5 Å². The lowest BCUT2D eigenvalue weighted by atomic mass is 10.1. The topological polar surface area (TPSA) is 92.3 Å². The first-order chi connectivity index (χ1) is 19.4. The molecule has 2 fully saturated rings. The van der Waals surface area contributed by atoms with Gasteiger partial charge in [-0.3, -0.25) is 4.98 Å². The molecule has 0 aliphatic carbocycles. The van der Waals surface area contributed by atoms with Crippen LogP contribution in [0.3, 0.4) is 0 Å². The summed E-state index contributed by atoms with van der Waals surface area (Å²) in [6, 6.07) is 11.6. The van der Waals surface area contributed by atoms with Gasteiger partial charge in [0.2, 0.25) is 9.84 Å². The fourth-order valence-corrected chi connectivity index (χ4v) is 7.05. The van der Waals surface area contributed by atoms with Gasteiger partial charge in [-0.05, 0) is 88.3 Å². The number of nitrogens with zero attached hydrogens (tertiary/aromatic N) is 4. The highest BCUT2D eigenvalue weighted by atomic mass is 32.2. The summed E-state index contributed by atoms with van der Waals surface area (Å²) in [6.45, 7) is 9.62. The maximum Gasteiger partial charge on any atom is 0.338 e. The number of likely N-dealkylation sites (tertiary alicyclic amines) is 1. The predicted molar refractivity (Wildman–Crippen MR) is 155 cm³/mol. The van der Waals surface area contributed by atoms with E-state index in [-0.39, 0.29) is 16.4 Å². The van der Waals surface area contributed by atoms with Crippen molar-refractivity contribution < 1.29 is 22.7 Å². The van der Waals surface area contributed by atoms with Gasteiger partial charge in [-0.1, -0.05) is 0 Å². The van der Waals surface area contributed by atoms with Gasteiger partial charge < -0.3 is 24.2 Å². The molecule has 0 radical (unpaired) electrons. The van der Waals surface area contributed by atoms with Crippen LogP contribution in [0.15, 0.2) is 58.5 Å². The number of fused-ring (bicyclic) bond motifs is 1. The zero-order valence-corrected chi connectivity index (χ0v) is 24.2. The van der Waals surface area contributed by atoms with Crippen molar-refractivity contribution >= 4 is 32.4 Å². The number of esters is 1. The molecule has 1 aromatic heterocycles. The number of hydrogen-bond acceptors (Lipinski definition) is 9. The first kappa shape index (κ1) is 28.3. The van der Waals surface area contributed by atoms with E-state index < -0.39 is 15.8 Å². The second-order valence-electron chi connectivity index (χ2n) is 10.3. The third-order valence-corrected chi connectivity index (χ3v) is 9.58. The van der Waals surface area contributed by atoms with Gasteiger partial charge in [0.05, 0.1) is 35.4 Å². The molecule has 2 aromatic carbocycles. The predicted octanol–water partition coefficient (Wildman–Crippen LogP) is 3.86. The van der Waals surface area contributed by atoms with Crippen molar-refractivity contribution in [3.05, 3.63) is 54.2 Å². The molecule has 0 amide bonds. The molecule has 0 N–H and O–H groups in total. The van der Waals surface area contributed by atoms with Crippen LogP contribution < -0.4 is 9.64 Å². The highest BCUT2D eigenvalue weighted by Crippen LogP contribution is 2.37. The van der Waals surface area contributed by atoms with Gasteiger partial charge in [0.25, 0.3) is 0 Å². The largest absolute Gasteiger partial charge is 0.497 e. The smallest absolute Gasteiger partial charge is 0.338 e. The molecule has 10 heteroatoms. The lowest BCUT2D eigenvalue weighted by molar-refractivity contribution is 0.0526. The number of carbonyl (C=O) groups excluding carboxylic acids is 1. The lowest BCUT2D eigenvalue weighted by Gasteiger charge is -2.27. The van der Waals surface area contributed by atoms with Crippen LogP contribution in [0.25, 0.3) is 10.9 Å².